The molecule has 142 valence electrons. The van der Waals surface area contributed by atoms with Gasteiger partial charge < -0.3 is 9.42 Å². The predicted molar refractivity (Wildman–Crippen MR) is 128 cm³/mol. The summed E-state index contributed by atoms with van der Waals surface area (Å²) in [6.07, 6.45) is 1.88. The Kier molecular flexibility index (Phi) is 4.71. The fourth-order valence-corrected chi connectivity index (χ4v) is 5.68. The number of para-hydroxylation sites is 2. The molecule has 0 radical (unpaired) electrons. The highest BCUT2D eigenvalue weighted by Gasteiger charge is 2.23. The lowest BCUT2D eigenvalue weighted by molar-refractivity contribution is 0.558. The normalized spacial score (nSPS) is 13.6. The third-order valence-corrected chi connectivity index (χ3v) is 7.56. The van der Waals surface area contributed by atoms with E-state index < -0.39 is 6.92 Å². The first-order valence-electron chi connectivity index (χ1n) is 9.55. The molecule has 0 saturated carbocycles. The summed E-state index contributed by atoms with van der Waals surface area (Å²) in [6, 6.07) is 31.5. The van der Waals surface area contributed by atoms with Gasteiger partial charge in [-0.3, -0.25) is 0 Å². The van der Waals surface area contributed by atoms with Crippen LogP contribution in [-0.2, 0) is 16.3 Å². The molecule has 0 bridgehead atoms. The van der Waals surface area contributed by atoms with Crippen LogP contribution in [0.15, 0.2) is 97.3 Å². The van der Waals surface area contributed by atoms with Crippen LogP contribution in [0, 0.1) is 0 Å². The van der Waals surface area contributed by atoms with E-state index in [1.54, 1.807) is 0 Å². The van der Waals surface area contributed by atoms with Crippen LogP contribution in [0.3, 0.4) is 0 Å². The summed E-state index contributed by atoms with van der Waals surface area (Å²) >= 11 is 5.84. The van der Waals surface area contributed by atoms with Crippen LogP contribution in [0.1, 0.15) is 11.1 Å². The van der Waals surface area contributed by atoms with Crippen LogP contribution in [0.4, 0.5) is 11.4 Å². The lowest BCUT2D eigenvalue weighted by Gasteiger charge is -2.31. The second kappa shape index (κ2) is 7.51. The van der Waals surface area contributed by atoms with E-state index in [1.165, 1.54) is 22.1 Å². The summed E-state index contributed by atoms with van der Waals surface area (Å²) in [5.74, 6) is 0. The summed E-state index contributed by atoms with van der Waals surface area (Å²) in [5.41, 5.74) is 5.75. The van der Waals surface area contributed by atoms with Crippen molar-refractivity contribution in [3.63, 3.8) is 0 Å². The van der Waals surface area contributed by atoms with Gasteiger partial charge >= 0.3 is 0 Å². The van der Waals surface area contributed by atoms with Gasteiger partial charge in [-0.2, -0.15) is 0 Å². The zero-order valence-corrected chi connectivity index (χ0v) is 17.8. The molecule has 29 heavy (non-hydrogen) atoms. The van der Waals surface area contributed by atoms with Crippen molar-refractivity contribution in [3.8, 4) is 0 Å². The lowest BCUT2D eigenvalue weighted by atomic mass is 9.91. The van der Waals surface area contributed by atoms with Gasteiger partial charge in [0.25, 0.3) is 0 Å². The fourth-order valence-electron chi connectivity index (χ4n) is 3.97. The molecule has 0 fully saturated rings. The first-order valence-corrected chi connectivity index (χ1v) is 12.1. The van der Waals surface area contributed by atoms with Crippen molar-refractivity contribution in [2.45, 2.75) is 0 Å². The number of hydrogen-bond donors (Lipinski definition) is 0. The molecule has 0 N–H and O–H groups in total. The Hall–Kier alpha value is -2.87. The molecule has 0 spiro atoms. The minimum atomic E-state index is -1.61. The Morgan fingerprint density at radius 3 is 2.07 bits per heavy atom. The largest absolute Gasteiger partial charge is 0.472 e. The molecule has 0 aliphatic carbocycles. The molecule has 4 aromatic rings. The molecule has 4 aromatic carbocycles. The topological polar surface area (TPSA) is 12.5 Å². The van der Waals surface area contributed by atoms with E-state index in [2.05, 4.69) is 103 Å². The molecule has 0 saturated heterocycles. The monoisotopic (exact) mass is 413 g/mol. The summed E-state index contributed by atoms with van der Waals surface area (Å²) in [6.45, 7) is -1.61. The van der Waals surface area contributed by atoms with Crippen LogP contribution in [-0.4, -0.2) is 7.05 Å². The zero-order chi connectivity index (χ0) is 19.8. The lowest BCUT2D eigenvalue weighted by Crippen LogP contribution is -2.17. The van der Waals surface area contributed by atoms with Gasteiger partial charge in [0, 0.05) is 40.4 Å². The molecule has 1 heterocycles. The van der Waals surface area contributed by atoms with Crippen molar-refractivity contribution >= 4 is 51.8 Å². The minimum Gasteiger partial charge on any atom is -0.472 e. The van der Waals surface area contributed by atoms with E-state index in [9.17, 15) is 0 Å². The Morgan fingerprint density at radius 2 is 1.34 bits per heavy atom. The average molecular weight is 413 g/mol. The molecule has 1 aliphatic rings. The summed E-state index contributed by atoms with van der Waals surface area (Å²) in [7, 11) is 2.10. The van der Waals surface area contributed by atoms with E-state index in [-0.39, 0.29) is 0 Å². The molecular weight excluding hydrogens is 393 g/mol. The van der Waals surface area contributed by atoms with E-state index in [0.29, 0.717) is 0 Å². The van der Waals surface area contributed by atoms with Gasteiger partial charge in [0.2, 0.25) is 0 Å². The van der Waals surface area contributed by atoms with E-state index >= 15 is 0 Å². The smallest absolute Gasteiger partial charge is 0.131 e. The molecule has 2 nitrogen and oxygen atoms in total. The molecule has 4 heteroatoms. The van der Waals surface area contributed by atoms with Crippen LogP contribution >= 0.6 is 6.92 Å². The minimum absolute atomic E-state index is 1.09. The Bertz CT molecular complexity index is 1230. The van der Waals surface area contributed by atoms with Crippen molar-refractivity contribution in [3.05, 3.63) is 108 Å². The number of benzene rings is 4. The third-order valence-electron chi connectivity index (χ3n) is 5.40. The number of hydrogen-bond acceptors (Lipinski definition) is 3. The average Bonchev–Trinajstić information content (AvgIpc) is 2.78. The zero-order valence-electron chi connectivity index (χ0n) is 16.0. The highest BCUT2D eigenvalue weighted by molar-refractivity contribution is 8.06. The second-order valence-electron chi connectivity index (χ2n) is 7.06. The summed E-state index contributed by atoms with van der Waals surface area (Å²) in [4.78, 5) is 2.23. The molecule has 0 amide bonds. The third kappa shape index (κ3) is 3.17. The first-order chi connectivity index (χ1) is 14.2. The maximum atomic E-state index is 6.26. The van der Waals surface area contributed by atoms with Crippen molar-refractivity contribution in [1.29, 1.82) is 0 Å². The van der Waals surface area contributed by atoms with Crippen LogP contribution < -0.4 is 10.2 Å². The SMILES string of the molecule is CN1c2ccccc2C(=CO[PH](=S)c2cccc3ccccc23)c2ccccc21. The van der Waals surface area contributed by atoms with Gasteiger partial charge in [-0.15, -0.1) is 0 Å². The number of rotatable bonds is 3. The number of nitrogens with zero attached hydrogens (tertiary/aromatic N) is 1. The Morgan fingerprint density at radius 1 is 0.759 bits per heavy atom. The van der Waals surface area contributed by atoms with Gasteiger partial charge in [-0.1, -0.05) is 90.7 Å². The van der Waals surface area contributed by atoms with E-state index in [1.807, 2.05) is 6.26 Å². The quantitative estimate of drug-likeness (QED) is 0.291. The Balaban J connectivity index is 1.58. The summed E-state index contributed by atoms with van der Waals surface area (Å²) in [5, 5.41) is 3.50. The van der Waals surface area contributed by atoms with Gasteiger partial charge in [-0.05, 0) is 22.9 Å². The predicted octanol–water partition coefficient (Wildman–Crippen LogP) is 6.24. The number of anilines is 2. The van der Waals surface area contributed by atoms with Crippen molar-refractivity contribution in [1.82, 2.24) is 0 Å². The molecule has 0 aromatic heterocycles. The van der Waals surface area contributed by atoms with E-state index in [4.69, 9.17) is 16.3 Å². The Labute approximate surface area is 176 Å². The van der Waals surface area contributed by atoms with Crippen molar-refractivity contribution in [2.24, 2.45) is 0 Å². The van der Waals surface area contributed by atoms with Crippen LogP contribution in [0.25, 0.3) is 16.3 Å². The number of fused-ring (bicyclic) bond motifs is 3. The molecule has 1 unspecified atom stereocenters. The highest BCUT2D eigenvalue weighted by Crippen LogP contribution is 2.44. The fraction of sp³-hybridized carbons (Fsp3) is 0.0400. The maximum absolute atomic E-state index is 6.26. The van der Waals surface area contributed by atoms with Crippen LogP contribution in [0.5, 0.6) is 0 Å². The molecule has 1 atom stereocenters. The van der Waals surface area contributed by atoms with Gasteiger partial charge in [-0.25, -0.2) is 0 Å². The second-order valence-corrected chi connectivity index (χ2v) is 9.52. The van der Waals surface area contributed by atoms with Crippen LogP contribution in [0.2, 0.25) is 0 Å². The van der Waals surface area contributed by atoms with Gasteiger partial charge in [0.05, 0.1) is 6.26 Å². The van der Waals surface area contributed by atoms with E-state index in [0.717, 1.165) is 22.0 Å². The molecular formula is C25H20NOPS. The van der Waals surface area contributed by atoms with Crippen molar-refractivity contribution < 1.29 is 4.52 Å². The van der Waals surface area contributed by atoms with Gasteiger partial charge in [0.15, 0.2) is 0 Å². The summed E-state index contributed by atoms with van der Waals surface area (Å²) < 4.78 is 6.26. The molecule has 1 aliphatic heterocycles. The maximum Gasteiger partial charge on any atom is 0.131 e. The molecule has 5 rings (SSSR count). The first kappa shape index (κ1) is 18.2. The highest BCUT2D eigenvalue weighted by atomic mass is 32.4. The van der Waals surface area contributed by atoms with Crippen molar-refractivity contribution in [2.75, 3.05) is 11.9 Å². The standard InChI is InChI=1S/C25H20NOPS/c1-26-23-14-6-4-12-20(23)22(21-13-5-7-15-24(21)26)17-27-28(29)25-16-8-10-18-9-2-3-11-19(18)25/h2-17,28H,1H3. The van der Waals surface area contributed by atoms with Gasteiger partial charge in [0.1, 0.15) is 6.92 Å².